The summed E-state index contributed by atoms with van der Waals surface area (Å²) in [5, 5.41) is 10.6. The van der Waals surface area contributed by atoms with E-state index in [1.54, 1.807) is 0 Å². The number of carbonyl (C=O) groups excluding carboxylic acids is 1. The predicted molar refractivity (Wildman–Crippen MR) is 32.3 cm³/mol. The van der Waals surface area contributed by atoms with Crippen molar-refractivity contribution in [3.63, 3.8) is 0 Å². The number of carbonyl (C=O) groups is 1. The summed E-state index contributed by atoms with van der Waals surface area (Å²) >= 11 is 0. The molecule has 0 heterocycles. The van der Waals surface area contributed by atoms with Crippen molar-refractivity contribution < 1.29 is 4.79 Å². The molecule has 1 amide bonds. The second-order valence-corrected chi connectivity index (χ2v) is 1.62. The fraction of sp³-hybridized carbons (Fsp3) is 0.600. The molecular weight excluding hydrogens is 118 g/mol. The standard InChI is InChI=1S/C5H9N3O/c1-4(9)8-5(2-6)3-7/h5H,2,6H2,1H3,(H,8,9). The topological polar surface area (TPSA) is 78.9 Å². The Labute approximate surface area is 53.6 Å². The fourth-order valence-electron chi connectivity index (χ4n) is 0.389. The molecule has 0 radical (unpaired) electrons. The van der Waals surface area contributed by atoms with E-state index in [1.807, 2.05) is 6.07 Å². The van der Waals surface area contributed by atoms with Gasteiger partial charge in [-0.3, -0.25) is 4.79 Å². The smallest absolute Gasteiger partial charge is 0.217 e. The van der Waals surface area contributed by atoms with E-state index >= 15 is 0 Å². The van der Waals surface area contributed by atoms with Crippen LogP contribution in [-0.2, 0) is 4.79 Å². The molecule has 3 N–H and O–H groups in total. The van der Waals surface area contributed by atoms with E-state index in [0.29, 0.717) is 0 Å². The first-order valence-electron chi connectivity index (χ1n) is 2.57. The Morgan fingerprint density at radius 3 is 2.67 bits per heavy atom. The van der Waals surface area contributed by atoms with Crippen LogP contribution in [0.3, 0.4) is 0 Å². The molecule has 0 aliphatic carbocycles. The van der Waals surface area contributed by atoms with Crippen LogP contribution < -0.4 is 11.1 Å². The molecule has 0 aliphatic rings. The normalized spacial score (nSPS) is 11.7. The van der Waals surface area contributed by atoms with Gasteiger partial charge in [-0.15, -0.1) is 0 Å². The third-order valence-electron chi connectivity index (χ3n) is 0.769. The molecule has 4 nitrogen and oxygen atoms in total. The lowest BCUT2D eigenvalue weighted by molar-refractivity contribution is -0.119. The largest absolute Gasteiger partial charge is 0.340 e. The summed E-state index contributed by atoms with van der Waals surface area (Å²) in [5.74, 6) is -0.230. The predicted octanol–water partition coefficient (Wildman–Crippen LogP) is -1.03. The molecule has 1 unspecified atom stereocenters. The van der Waals surface area contributed by atoms with Crippen molar-refractivity contribution in [2.45, 2.75) is 13.0 Å². The first-order valence-corrected chi connectivity index (χ1v) is 2.57. The fourth-order valence-corrected chi connectivity index (χ4v) is 0.389. The second kappa shape index (κ2) is 3.87. The molecule has 0 fully saturated rings. The average Bonchev–Trinajstić information content (AvgIpc) is 1.82. The highest BCUT2D eigenvalue weighted by Crippen LogP contribution is 1.74. The Balaban J connectivity index is 3.60. The van der Waals surface area contributed by atoms with E-state index in [4.69, 9.17) is 11.0 Å². The second-order valence-electron chi connectivity index (χ2n) is 1.62. The van der Waals surface area contributed by atoms with Crippen molar-refractivity contribution in [3.05, 3.63) is 0 Å². The zero-order chi connectivity index (χ0) is 7.28. The summed E-state index contributed by atoms with van der Waals surface area (Å²) in [6, 6.07) is 1.29. The molecule has 0 saturated heterocycles. The van der Waals surface area contributed by atoms with Crippen molar-refractivity contribution in [1.29, 1.82) is 5.26 Å². The summed E-state index contributed by atoms with van der Waals surface area (Å²) in [6.45, 7) is 1.51. The lowest BCUT2D eigenvalue weighted by Gasteiger charge is -2.04. The molecular formula is C5H9N3O. The van der Waals surface area contributed by atoms with Crippen LogP contribution in [0.2, 0.25) is 0 Å². The van der Waals surface area contributed by atoms with Crippen LogP contribution in [0.25, 0.3) is 0 Å². The molecule has 0 rings (SSSR count). The maximum atomic E-state index is 10.3. The molecule has 0 aliphatic heterocycles. The van der Waals surface area contributed by atoms with Gasteiger partial charge in [0.1, 0.15) is 6.04 Å². The van der Waals surface area contributed by atoms with Gasteiger partial charge in [0.2, 0.25) is 5.91 Å². The lowest BCUT2D eigenvalue weighted by atomic mass is 10.3. The Hall–Kier alpha value is -1.08. The third-order valence-corrected chi connectivity index (χ3v) is 0.769. The number of nitrogens with zero attached hydrogens (tertiary/aromatic N) is 1. The van der Waals surface area contributed by atoms with Crippen molar-refractivity contribution in [3.8, 4) is 6.07 Å². The lowest BCUT2D eigenvalue weighted by Crippen LogP contribution is -2.37. The number of rotatable bonds is 2. The van der Waals surface area contributed by atoms with Crippen LogP contribution in [0.15, 0.2) is 0 Å². The first-order chi connectivity index (χ1) is 4.20. The van der Waals surface area contributed by atoms with Gasteiger partial charge in [-0.25, -0.2) is 0 Å². The number of hydrogen-bond donors (Lipinski definition) is 2. The van der Waals surface area contributed by atoms with E-state index in [1.165, 1.54) is 6.92 Å². The molecule has 0 aromatic rings. The van der Waals surface area contributed by atoms with E-state index in [2.05, 4.69) is 5.32 Å². The number of nitriles is 1. The van der Waals surface area contributed by atoms with Gasteiger partial charge in [0, 0.05) is 13.5 Å². The van der Waals surface area contributed by atoms with Crippen molar-refractivity contribution in [2.24, 2.45) is 5.73 Å². The van der Waals surface area contributed by atoms with Crippen LogP contribution >= 0.6 is 0 Å². The molecule has 1 atom stereocenters. The van der Waals surface area contributed by atoms with Gasteiger partial charge in [-0.1, -0.05) is 0 Å². The van der Waals surface area contributed by atoms with Gasteiger partial charge < -0.3 is 11.1 Å². The van der Waals surface area contributed by atoms with Gasteiger partial charge in [-0.05, 0) is 0 Å². The number of nitrogens with two attached hydrogens (primary N) is 1. The maximum absolute atomic E-state index is 10.3. The Bertz CT molecular complexity index is 138. The highest BCUT2D eigenvalue weighted by molar-refractivity contribution is 5.73. The van der Waals surface area contributed by atoms with Gasteiger partial charge in [-0.2, -0.15) is 5.26 Å². The zero-order valence-electron chi connectivity index (χ0n) is 5.22. The van der Waals surface area contributed by atoms with Crippen molar-refractivity contribution in [1.82, 2.24) is 5.32 Å². The number of hydrogen-bond acceptors (Lipinski definition) is 3. The minimum Gasteiger partial charge on any atom is -0.340 e. The van der Waals surface area contributed by atoms with E-state index < -0.39 is 6.04 Å². The Kier molecular flexibility index (Phi) is 3.40. The first kappa shape index (κ1) is 7.92. The molecule has 50 valence electrons. The molecule has 0 aromatic carbocycles. The van der Waals surface area contributed by atoms with E-state index in [-0.39, 0.29) is 12.5 Å². The molecule has 0 aromatic heterocycles. The summed E-state index contributed by atoms with van der Waals surface area (Å²) < 4.78 is 0. The number of nitrogens with one attached hydrogen (secondary N) is 1. The van der Waals surface area contributed by atoms with Crippen molar-refractivity contribution in [2.75, 3.05) is 6.54 Å². The van der Waals surface area contributed by atoms with Gasteiger partial charge in [0.15, 0.2) is 0 Å². The molecule has 0 bridgehead atoms. The highest BCUT2D eigenvalue weighted by Gasteiger charge is 2.02. The quantitative estimate of drug-likeness (QED) is 0.498. The van der Waals surface area contributed by atoms with Crippen LogP contribution in [0.1, 0.15) is 6.92 Å². The SMILES string of the molecule is CC(=O)NC(C#N)CN. The monoisotopic (exact) mass is 127 g/mol. The van der Waals surface area contributed by atoms with Crippen LogP contribution in [0.4, 0.5) is 0 Å². The minimum atomic E-state index is -0.539. The third kappa shape index (κ3) is 3.50. The highest BCUT2D eigenvalue weighted by atomic mass is 16.1. The molecule has 0 spiro atoms. The number of amides is 1. The van der Waals surface area contributed by atoms with Crippen LogP contribution in [0.5, 0.6) is 0 Å². The summed E-state index contributed by atoms with van der Waals surface area (Å²) in [4.78, 5) is 10.3. The van der Waals surface area contributed by atoms with Crippen LogP contribution in [0, 0.1) is 11.3 Å². The Morgan fingerprint density at radius 1 is 2.00 bits per heavy atom. The van der Waals surface area contributed by atoms with E-state index in [0.717, 1.165) is 0 Å². The molecule has 0 saturated carbocycles. The van der Waals surface area contributed by atoms with Gasteiger partial charge in [0.05, 0.1) is 6.07 Å². The summed E-state index contributed by atoms with van der Waals surface area (Å²) in [7, 11) is 0. The van der Waals surface area contributed by atoms with Crippen LogP contribution in [-0.4, -0.2) is 18.5 Å². The minimum absolute atomic E-state index is 0.163. The summed E-state index contributed by atoms with van der Waals surface area (Å²) in [5.41, 5.74) is 5.09. The average molecular weight is 127 g/mol. The zero-order valence-corrected chi connectivity index (χ0v) is 5.22. The van der Waals surface area contributed by atoms with Gasteiger partial charge >= 0.3 is 0 Å². The van der Waals surface area contributed by atoms with Gasteiger partial charge in [0.25, 0.3) is 0 Å². The molecule has 4 heteroatoms. The Morgan fingerprint density at radius 2 is 2.56 bits per heavy atom. The van der Waals surface area contributed by atoms with E-state index in [9.17, 15) is 4.79 Å². The summed E-state index contributed by atoms with van der Waals surface area (Å²) in [6.07, 6.45) is 0. The van der Waals surface area contributed by atoms with Crippen molar-refractivity contribution >= 4 is 5.91 Å². The maximum Gasteiger partial charge on any atom is 0.217 e. The molecule has 9 heavy (non-hydrogen) atoms.